The highest BCUT2D eigenvalue weighted by atomic mass is 19.1. The van der Waals surface area contributed by atoms with Gasteiger partial charge in [-0.2, -0.15) is 0 Å². The number of primary amides is 1. The minimum Gasteiger partial charge on any atom is -0.364 e. The molecule has 0 bridgehead atoms. The lowest BCUT2D eigenvalue weighted by molar-refractivity contribution is 0.0995. The number of nitrogens with zero attached hydrogens (tertiary/aromatic N) is 4. The second-order valence-electron chi connectivity index (χ2n) is 5.59. The molecule has 0 saturated carbocycles. The number of amides is 3. The van der Waals surface area contributed by atoms with E-state index in [1.807, 2.05) is 0 Å². The Morgan fingerprint density at radius 3 is 2.88 bits per heavy atom. The maximum absolute atomic E-state index is 13.5. The summed E-state index contributed by atoms with van der Waals surface area (Å²) in [6, 6.07) is 5.97. The Morgan fingerprint density at radius 1 is 1.38 bits per heavy atom. The first-order valence-electron chi connectivity index (χ1n) is 7.52. The van der Waals surface area contributed by atoms with E-state index >= 15 is 0 Å². The van der Waals surface area contributed by atoms with E-state index in [0.29, 0.717) is 25.1 Å². The van der Waals surface area contributed by atoms with Crippen LogP contribution in [-0.4, -0.2) is 44.9 Å². The zero-order valence-electron chi connectivity index (χ0n) is 12.9. The molecule has 1 aromatic heterocycles. The van der Waals surface area contributed by atoms with Crippen molar-refractivity contribution in [1.82, 2.24) is 25.2 Å². The molecule has 3 amide bonds. The molecule has 1 unspecified atom stereocenters. The third-order valence-corrected chi connectivity index (χ3v) is 3.98. The third kappa shape index (κ3) is 3.34. The monoisotopic (exact) mass is 332 g/mol. The Kier molecular flexibility index (Phi) is 4.41. The van der Waals surface area contributed by atoms with Crippen LogP contribution in [0.15, 0.2) is 30.5 Å². The number of nitrogens with one attached hydrogen (secondary N) is 1. The lowest BCUT2D eigenvalue weighted by Gasteiger charge is -2.17. The van der Waals surface area contributed by atoms with E-state index in [4.69, 9.17) is 5.73 Å². The largest absolute Gasteiger partial charge is 0.364 e. The fraction of sp³-hybridized carbons (Fsp3) is 0.333. The summed E-state index contributed by atoms with van der Waals surface area (Å²) in [5.41, 5.74) is 5.68. The van der Waals surface area contributed by atoms with Crippen LogP contribution in [0.3, 0.4) is 0 Å². The Balaban J connectivity index is 1.55. The zero-order chi connectivity index (χ0) is 17.1. The average Bonchev–Trinajstić information content (AvgIpc) is 3.22. The van der Waals surface area contributed by atoms with Crippen LogP contribution in [0.25, 0.3) is 0 Å². The third-order valence-electron chi connectivity index (χ3n) is 3.98. The van der Waals surface area contributed by atoms with Gasteiger partial charge in [-0.05, 0) is 12.5 Å². The van der Waals surface area contributed by atoms with Crippen molar-refractivity contribution >= 4 is 11.9 Å². The molecule has 2 aromatic rings. The number of hydrogen-bond acceptors (Lipinski definition) is 4. The van der Waals surface area contributed by atoms with Gasteiger partial charge in [-0.15, -0.1) is 5.10 Å². The molecule has 126 valence electrons. The molecule has 0 spiro atoms. The summed E-state index contributed by atoms with van der Waals surface area (Å²) in [6.45, 7) is 1.10. The van der Waals surface area contributed by atoms with Crippen molar-refractivity contribution in [3.63, 3.8) is 0 Å². The predicted octanol–water partition coefficient (Wildman–Crippen LogP) is 0.673. The standard InChI is InChI=1S/C15H17FN6O2/c16-12-4-2-1-3-10(12)7-18-15(24)21-6-5-11(8-21)22-9-13(14(17)23)19-20-22/h1-4,9,11H,5-8H2,(H2,17,23)(H,18,24). The second kappa shape index (κ2) is 6.65. The molecule has 3 N–H and O–H groups in total. The normalized spacial score (nSPS) is 17.0. The van der Waals surface area contributed by atoms with Crippen LogP contribution in [0, 0.1) is 5.82 Å². The van der Waals surface area contributed by atoms with Crippen LogP contribution >= 0.6 is 0 Å². The summed E-state index contributed by atoms with van der Waals surface area (Å²) >= 11 is 0. The van der Waals surface area contributed by atoms with E-state index in [2.05, 4.69) is 15.6 Å². The minimum absolute atomic E-state index is 0.0650. The van der Waals surface area contributed by atoms with E-state index in [-0.39, 0.29) is 30.1 Å². The van der Waals surface area contributed by atoms with Crippen LogP contribution in [-0.2, 0) is 6.54 Å². The minimum atomic E-state index is -0.640. The smallest absolute Gasteiger partial charge is 0.317 e. The number of carbonyl (C=O) groups is 2. The lowest BCUT2D eigenvalue weighted by atomic mass is 10.2. The van der Waals surface area contributed by atoms with Gasteiger partial charge in [0.2, 0.25) is 0 Å². The van der Waals surface area contributed by atoms with Gasteiger partial charge in [0.05, 0.1) is 12.2 Å². The number of hydrogen-bond donors (Lipinski definition) is 2. The van der Waals surface area contributed by atoms with Crippen molar-refractivity contribution in [2.45, 2.75) is 19.0 Å². The molecule has 1 aromatic carbocycles. The van der Waals surface area contributed by atoms with Gasteiger partial charge in [0.15, 0.2) is 5.69 Å². The Hall–Kier alpha value is -2.97. The number of likely N-dealkylation sites (tertiary alicyclic amines) is 1. The summed E-state index contributed by atoms with van der Waals surface area (Å²) in [5.74, 6) is -0.988. The molecule has 1 aliphatic rings. The molecule has 0 radical (unpaired) electrons. The number of rotatable bonds is 4. The Labute approximate surface area is 137 Å². The summed E-state index contributed by atoms with van der Waals surface area (Å²) in [5, 5.41) is 10.3. The second-order valence-corrected chi connectivity index (χ2v) is 5.59. The number of nitrogens with two attached hydrogens (primary N) is 1. The molecule has 0 aliphatic carbocycles. The summed E-state index contributed by atoms with van der Waals surface area (Å²) in [6.07, 6.45) is 2.17. The maximum atomic E-state index is 13.5. The summed E-state index contributed by atoms with van der Waals surface area (Å²) in [4.78, 5) is 24.9. The van der Waals surface area contributed by atoms with Gasteiger partial charge in [0.1, 0.15) is 5.82 Å². The van der Waals surface area contributed by atoms with Gasteiger partial charge in [0, 0.05) is 25.2 Å². The first-order chi connectivity index (χ1) is 11.5. The first-order valence-corrected chi connectivity index (χ1v) is 7.52. The highest BCUT2D eigenvalue weighted by Crippen LogP contribution is 2.20. The van der Waals surface area contributed by atoms with E-state index in [1.165, 1.54) is 12.3 Å². The molecule has 8 nitrogen and oxygen atoms in total. The number of halogens is 1. The van der Waals surface area contributed by atoms with Crippen LogP contribution < -0.4 is 11.1 Å². The van der Waals surface area contributed by atoms with Crippen LogP contribution in [0.5, 0.6) is 0 Å². The van der Waals surface area contributed by atoms with Crippen molar-refractivity contribution in [3.05, 3.63) is 47.5 Å². The van der Waals surface area contributed by atoms with Gasteiger partial charge < -0.3 is 16.0 Å². The molecule has 24 heavy (non-hydrogen) atoms. The molecule has 3 rings (SSSR count). The van der Waals surface area contributed by atoms with Gasteiger partial charge in [-0.1, -0.05) is 23.4 Å². The number of carbonyl (C=O) groups excluding carboxylic acids is 2. The molecule has 2 heterocycles. The molecular weight excluding hydrogens is 315 g/mol. The highest BCUT2D eigenvalue weighted by Gasteiger charge is 2.28. The fourth-order valence-corrected chi connectivity index (χ4v) is 2.63. The lowest BCUT2D eigenvalue weighted by Crippen LogP contribution is -2.38. The van der Waals surface area contributed by atoms with Crippen LogP contribution in [0.2, 0.25) is 0 Å². The van der Waals surface area contributed by atoms with Gasteiger partial charge in [-0.25, -0.2) is 13.9 Å². The molecule has 1 fully saturated rings. The molecule has 1 saturated heterocycles. The molecule has 9 heteroatoms. The molecular formula is C15H17FN6O2. The Bertz CT molecular complexity index is 762. The van der Waals surface area contributed by atoms with E-state index in [1.54, 1.807) is 27.8 Å². The van der Waals surface area contributed by atoms with E-state index in [9.17, 15) is 14.0 Å². The fourth-order valence-electron chi connectivity index (χ4n) is 2.63. The van der Waals surface area contributed by atoms with Gasteiger partial charge in [0.25, 0.3) is 5.91 Å². The predicted molar refractivity (Wildman–Crippen MR) is 82.4 cm³/mol. The molecule has 1 aliphatic heterocycles. The quantitative estimate of drug-likeness (QED) is 0.858. The first kappa shape index (κ1) is 15.9. The van der Waals surface area contributed by atoms with E-state index < -0.39 is 5.91 Å². The average molecular weight is 332 g/mol. The van der Waals surface area contributed by atoms with E-state index in [0.717, 1.165) is 0 Å². The maximum Gasteiger partial charge on any atom is 0.317 e. The topological polar surface area (TPSA) is 106 Å². The van der Waals surface area contributed by atoms with Crippen LogP contribution in [0.1, 0.15) is 28.5 Å². The summed E-state index contributed by atoms with van der Waals surface area (Å²) in [7, 11) is 0. The number of urea groups is 1. The van der Waals surface area contributed by atoms with Crippen LogP contribution in [0.4, 0.5) is 9.18 Å². The van der Waals surface area contributed by atoms with Crippen molar-refractivity contribution in [2.75, 3.05) is 13.1 Å². The summed E-state index contributed by atoms with van der Waals surface area (Å²) < 4.78 is 15.1. The molecule has 1 atom stereocenters. The number of aromatic nitrogens is 3. The van der Waals surface area contributed by atoms with Crippen molar-refractivity contribution in [2.24, 2.45) is 5.73 Å². The highest BCUT2D eigenvalue weighted by molar-refractivity contribution is 5.90. The van der Waals surface area contributed by atoms with Crippen molar-refractivity contribution in [3.8, 4) is 0 Å². The SMILES string of the molecule is NC(=O)c1cn(C2CCN(C(=O)NCc3ccccc3F)C2)nn1. The van der Waals surface area contributed by atoms with Crippen molar-refractivity contribution < 1.29 is 14.0 Å². The van der Waals surface area contributed by atoms with Gasteiger partial charge in [-0.3, -0.25) is 4.79 Å². The van der Waals surface area contributed by atoms with Gasteiger partial charge >= 0.3 is 6.03 Å². The number of benzene rings is 1. The Morgan fingerprint density at radius 2 is 2.17 bits per heavy atom. The van der Waals surface area contributed by atoms with Crippen molar-refractivity contribution in [1.29, 1.82) is 0 Å². The zero-order valence-corrected chi connectivity index (χ0v) is 12.9.